The van der Waals surface area contributed by atoms with Crippen LogP contribution in [0.5, 0.6) is 0 Å². The molecule has 0 atom stereocenters. The minimum Gasteiger partial charge on any atom is -0.292 e. The molecule has 1 aliphatic rings. The van der Waals surface area contributed by atoms with E-state index in [2.05, 4.69) is 109 Å². The summed E-state index contributed by atoms with van der Waals surface area (Å²) in [5, 5.41) is 6.89. The topological polar surface area (TPSA) is 17.8 Å². The molecule has 0 unspecified atom stereocenters. The van der Waals surface area contributed by atoms with Crippen LogP contribution < -0.4 is 0 Å². The average Bonchev–Trinajstić information content (AvgIpc) is 3.78. The van der Waals surface area contributed by atoms with Gasteiger partial charge in [-0.2, -0.15) is 0 Å². The van der Waals surface area contributed by atoms with Crippen molar-refractivity contribution in [3.8, 4) is 61.6 Å². The van der Waals surface area contributed by atoms with Crippen molar-refractivity contribution < 1.29 is 6.85 Å². The molecule has 10 aromatic rings. The van der Waals surface area contributed by atoms with Crippen LogP contribution in [-0.4, -0.2) is 9.55 Å². The van der Waals surface area contributed by atoms with Crippen LogP contribution in [-0.2, 0) is 0 Å². The van der Waals surface area contributed by atoms with Crippen molar-refractivity contribution >= 4 is 43.4 Å². The van der Waals surface area contributed by atoms with E-state index in [1.807, 2.05) is 47.0 Å². The number of hydrogen-bond acceptors (Lipinski definition) is 1. The highest BCUT2D eigenvalue weighted by molar-refractivity contribution is 6.26. The molecule has 0 amide bonds. The summed E-state index contributed by atoms with van der Waals surface area (Å²) >= 11 is 0. The summed E-state index contributed by atoms with van der Waals surface area (Å²) < 4.78 is 45.1. The number of nitrogens with zero attached hydrogens (tertiary/aromatic N) is 2. The van der Waals surface area contributed by atoms with E-state index < -0.39 is 18.1 Å². The number of benzene rings is 9. The largest absolute Gasteiger partial charge is 0.292 e. The predicted octanol–water partition coefficient (Wildman–Crippen LogP) is 13.1. The fourth-order valence-corrected chi connectivity index (χ4v) is 8.41. The smallest absolute Gasteiger partial charge is 0.145 e. The maximum Gasteiger partial charge on any atom is 0.145 e. The van der Waals surface area contributed by atoms with Crippen molar-refractivity contribution in [2.24, 2.45) is 0 Å². The highest BCUT2D eigenvalue weighted by Crippen LogP contribution is 2.52. The second kappa shape index (κ2) is 10.9. The SMILES string of the molecule is [2H]c1c([2H])c([2H])c(-c2nc3ccccc3n2-c2ccccc2-c2c3ccccc3c(-c3ccc4c5c(cccc35)-c3ccccc3-4)c3ccccc23)c([2H])c1[2H]. The van der Waals surface area contributed by atoms with Crippen molar-refractivity contribution in [3.63, 3.8) is 0 Å². The highest BCUT2D eigenvalue weighted by atomic mass is 15.1. The van der Waals surface area contributed by atoms with Crippen molar-refractivity contribution in [2.45, 2.75) is 0 Å². The molecule has 1 aliphatic carbocycles. The van der Waals surface area contributed by atoms with Gasteiger partial charge in [0.25, 0.3) is 0 Å². The lowest BCUT2D eigenvalue weighted by Gasteiger charge is -2.21. The van der Waals surface area contributed by atoms with E-state index in [9.17, 15) is 0 Å². The molecule has 51 heavy (non-hydrogen) atoms. The molecule has 11 rings (SSSR count). The van der Waals surface area contributed by atoms with E-state index in [-0.39, 0.29) is 23.5 Å². The van der Waals surface area contributed by atoms with Crippen molar-refractivity contribution in [1.29, 1.82) is 0 Å². The lowest BCUT2D eigenvalue weighted by Crippen LogP contribution is -2.01. The lowest BCUT2D eigenvalue weighted by atomic mass is 9.84. The van der Waals surface area contributed by atoms with Crippen LogP contribution in [0.2, 0.25) is 0 Å². The lowest BCUT2D eigenvalue weighted by molar-refractivity contribution is 1.10. The molecule has 0 spiro atoms. The zero-order chi connectivity index (χ0) is 37.8. The number of hydrogen-bond donors (Lipinski definition) is 0. The summed E-state index contributed by atoms with van der Waals surface area (Å²) in [6.07, 6.45) is 0. The Morgan fingerprint density at radius 2 is 0.922 bits per heavy atom. The van der Waals surface area contributed by atoms with Gasteiger partial charge in [0.15, 0.2) is 0 Å². The van der Waals surface area contributed by atoms with Crippen molar-refractivity contribution in [3.05, 3.63) is 182 Å². The minimum absolute atomic E-state index is 0.0567. The summed E-state index contributed by atoms with van der Waals surface area (Å²) in [6.45, 7) is 0. The van der Waals surface area contributed by atoms with E-state index in [0.717, 1.165) is 43.9 Å². The number of fused-ring (bicyclic) bond motifs is 6. The molecule has 0 bridgehead atoms. The Labute approximate surface area is 302 Å². The summed E-state index contributed by atoms with van der Waals surface area (Å²) in [7, 11) is 0. The first-order valence-electron chi connectivity index (χ1n) is 19.7. The van der Waals surface area contributed by atoms with E-state index in [0.29, 0.717) is 5.52 Å². The third kappa shape index (κ3) is 4.02. The van der Waals surface area contributed by atoms with Gasteiger partial charge in [0, 0.05) is 11.1 Å². The Bertz CT molecular complexity index is 3210. The highest BCUT2D eigenvalue weighted by Gasteiger charge is 2.25. The van der Waals surface area contributed by atoms with Crippen LogP contribution in [0.25, 0.3) is 105 Å². The van der Waals surface area contributed by atoms with Gasteiger partial charge >= 0.3 is 0 Å². The second-order valence-corrected chi connectivity index (χ2v) is 13.1. The molecule has 0 saturated heterocycles. The third-order valence-electron chi connectivity index (χ3n) is 10.4. The fraction of sp³-hybridized carbons (Fsp3) is 0. The molecule has 1 heterocycles. The normalized spacial score (nSPS) is 13.3. The number of aromatic nitrogens is 2. The van der Waals surface area contributed by atoms with Crippen LogP contribution >= 0.6 is 0 Å². The number of imidazole rings is 1. The van der Waals surface area contributed by atoms with Crippen LogP contribution in [0, 0.1) is 0 Å². The Kier molecular flexibility index (Phi) is 5.02. The quantitative estimate of drug-likeness (QED) is 0.173. The summed E-state index contributed by atoms with van der Waals surface area (Å²) in [5.74, 6) is 0.287. The van der Waals surface area contributed by atoms with Gasteiger partial charge in [0.05, 0.1) is 23.6 Å². The molecule has 1 aromatic heterocycles. The van der Waals surface area contributed by atoms with E-state index >= 15 is 0 Å². The number of para-hydroxylation sites is 3. The van der Waals surface area contributed by atoms with Gasteiger partial charge in [-0.3, -0.25) is 4.57 Å². The Balaban J connectivity index is 1.23. The molecule has 0 aliphatic heterocycles. The van der Waals surface area contributed by atoms with Gasteiger partial charge in [-0.25, -0.2) is 4.98 Å². The first-order valence-corrected chi connectivity index (χ1v) is 17.2. The van der Waals surface area contributed by atoms with Crippen LogP contribution in [0.4, 0.5) is 0 Å². The summed E-state index contributed by atoms with van der Waals surface area (Å²) in [5.41, 5.74) is 11.6. The van der Waals surface area contributed by atoms with Crippen molar-refractivity contribution in [2.75, 3.05) is 0 Å². The molecule has 0 radical (unpaired) electrons. The summed E-state index contributed by atoms with van der Waals surface area (Å²) in [6, 6.07) is 51.1. The number of rotatable bonds is 4. The molecule has 0 saturated carbocycles. The van der Waals surface area contributed by atoms with Crippen molar-refractivity contribution in [1.82, 2.24) is 9.55 Å². The second-order valence-electron chi connectivity index (χ2n) is 13.1. The van der Waals surface area contributed by atoms with Gasteiger partial charge in [0.1, 0.15) is 5.82 Å². The molecular weight excluding hydrogens is 617 g/mol. The van der Waals surface area contributed by atoms with Crippen LogP contribution in [0.3, 0.4) is 0 Å². The standard InChI is InChI=1S/C49H30N2/c1-2-15-31(16-3-1)49-50-43-26-11-13-28-45(43)51(49)44-27-12-10-23-42(44)48-37-21-8-6-19-35(37)47(36-20-7-9-22-38(36)48)41-30-29-40-33-18-5-4-17-32(33)34-24-14-25-39(41)46(34)40/h1-30H/i1D,2D,3D,15D,16D. The maximum atomic E-state index is 8.94. The average molecular weight is 652 g/mol. The van der Waals surface area contributed by atoms with E-state index in [1.54, 1.807) is 0 Å². The Morgan fingerprint density at radius 3 is 1.63 bits per heavy atom. The zero-order valence-corrected chi connectivity index (χ0v) is 27.3. The van der Waals surface area contributed by atoms with Gasteiger partial charge < -0.3 is 0 Å². The minimum atomic E-state index is -0.436. The Hall–Kier alpha value is -6.77. The molecule has 0 fully saturated rings. The first kappa shape index (κ1) is 23.6. The van der Waals surface area contributed by atoms with E-state index in [1.165, 1.54) is 44.2 Å². The van der Waals surface area contributed by atoms with Gasteiger partial charge in [-0.05, 0) is 89.5 Å². The monoisotopic (exact) mass is 651 g/mol. The maximum absolute atomic E-state index is 8.94. The van der Waals surface area contributed by atoms with Crippen LogP contribution in [0.1, 0.15) is 6.85 Å². The molecule has 0 N–H and O–H groups in total. The first-order chi connectivity index (χ1) is 27.4. The molecule has 2 nitrogen and oxygen atoms in total. The molecule has 236 valence electrons. The molecular formula is C49H30N2. The van der Waals surface area contributed by atoms with Gasteiger partial charge in [-0.1, -0.05) is 164 Å². The fourth-order valence-electron chi connectivity index (χ4n) is 8.41. The third-order valence-corrected chi connectivity index (χ3v) is 10.4. The molecule has 9 aromatic carbocycles. The summed E-state index contributed by atoms with van der Waals surface area (Å²) in [4.78, 5) is 4.96. The predicted molar refractivity (Wildman–Crippen MR) is 214 cm³/mol. The zero-order valence-electron chi connectivity index (χ0n) is 32.3. The molecule has 2 heteroatoms. The van der Waals surface area contributed by atoms with Crippen LogP contribution in [0.15, 0.2) is 182 Å². The van der Waals surface area contributed by atoms with E-state index in [4.69, 9.17) is 11.8 Å². The van der Waals surface area contributed by atoms with Gasteiger partial charge in [-0.15, -0.1) is 0 Å². The Morgan fingerprint density at radius 1 is 0.412 bits per heavy atom. The van der Waals surface area contributed by atoms with Gasteiger partial charge in [0.2, 0.25) is 0 Å².